The molecule has 7 heteroatoms. The van der Waals surface area contributed by atoms with Gasteiger partial charge >= 0.3 is 0 Å². The predicted molar refractivity (Wildman–Crippen MR) is 66.1 cm³/mol. The van der Waals surface area contributed by atoms with E-state index < -0.39 is 13.0 Å². The Morgan fingerprint density at radius 3 is 2.78 bits per heavy atom. The average molecular weight is 282 g/mol. The smallest absolute Gasteiger partial charge is 0.261 e. The fourth-order valence-corrected chi connectivity index (χ4v) is 2.07. The van der Waals surface area contributed by atoms with Crippen LogP contribution in [0.15, 0.2) is 6.20 Å². The van der Waals surface area contributed by atoms with Crippen molar-refractivity contribution in [1.29, 1.82) is 0 Å². The Morgan fingerprint density at radius 2 is 2.28 bits per heavy atom. The minimum atomic E-state index is -2.43. The molecule has 1 N–H and O–H groups in total. The topological polar surface area (TPSA) is 39.1 Å². The van der Waals surface area contributed by atoms with Gasteiger partial charge in [-0.25, -0.2) is 8.78 Å². The first-order chi connectivity index (χ1) is 8.56. The third-order valence-electron chi connectivity index (χ3n) is 2.51. The monoisotopic (exact) mass is 281 g/mol. The minimum absolute atomic E-state index is 0.0485. The van der Waals surface area contributed by atoms with Gasteiger partial charge < -0.3 is 10.1 Å². The standard InChI is InChI=1S/C11H18ClF2N3O/c1-3-15-9(4-5-18-7-10(13)14)11-8(12)6-16-17(11)2/h6,9-10,15H,3-5,7H2,1-2H3. The van der Waals surface area contributed by atoms with Gasteiger partial charge in [0.2, 0.25) is 0 Å². The number of hydrogen-bond acceptors (Lipinski definition) is 3. The number of ether oxygens (including phenoxy) is 1. The molecular weight excluding hydrogens is 264 g/mol. The number of aryl methyl sites for hydroxylation is 1. The molecular formula is C11H18ClF2N3O. The molecule has 4 nitrogen and oxygen atoms in total. The van der Waals surface area contributed by atoms with Gasteiger partial charge in [0.05, 0.1) is 23.0 Å². The largest absolute Gasteiger partial charge is 0.375 e. The Balaban J connectivity index is 2.55. The molecule has 1 unspecified atom stereocenters. The number of halogens is 3. The molecule has 0 spiro atoms. The van der Waals surface area contributed by atoms with Crippen LogP contribution >= 0.6 is 11.6 Å². The lowest BCUT2D eigenvalue weighted by Crippen LogP contribution is -2.25. The van der Waals surface area contributed by atoms with Crippen LogP contribution in [0.25, 0.3) is 0 Å². The number of alkyl halides is 2. The normalized spacial score (nSPS) is 13.2. The maximum atomic E-state index is 11.9. The molecule has 1 rings (SSSR count). The number of hydrogen-bond donors (Lipinski definition) is 1. The minimum Gasteiger partial charge on any atom is -0.375 e. The van der Waals surface area contributed by atoms with E-state index in [9.17, 15) is 8.78 Å². The zero-order chi connectivity index (χ0) is 13.5. The highest BCUT2D eigenvalue weighted by Gasteiger charge is 2.18. The van der Waals surface area contributed by atoms with Crippen molar-refractivity contribution in [3.63, 3.8) is 0 Å². The fourth-order valence-electron chi connectivity index (χ4n) is 1.77. The van der Waals surface area contributed by atoms with Crippen molar-refractivity contribution < 1.29 is 13.5 Å². The van der Waals surface area contributed by atoms with E-state index in [0.717, 1.165) is 12.2 Å². The highest BCUT2D eigenvalue weighted by Crippen LogP contribution is 2.24. The van der Waals surface area contributed by atoms with E-state index in [1.807, 2.05) is 6.92 Å². The predicted octanol–water partition coefficient (Wildman–Crippen LogP) is 2.40. The lowest BCUT2D eigenvalue weighted by molar-refractivity contribution is 0.0142. The van der Waals surface area contributed by atoms with Gasteiger partial charge in [0.1, 0.15) is 6.61 Å². The van der Waals surface area contributed by atoms with Gasteiger partial charge in [-0.1, -0.05) is 18.5 Å². The summed E-state index contributed by atoms with van der Waals surface area (Å²) in [6, 6.07) is -0.0485. The molecule has 0 aliphatic rings. The van der Waals surface area contributed by atoms with Gasteiger partial charge in [0.15, 0.2) is 0 Å². The zero-order valence-electron chi connectivity index (χ0n) is 10.5. The first-order valence-electron chi connectivity index (χ1n) is 5.82. The Bertz CT molecular complexity index is 341. The summed E-state index contributed by atoms with van der Waals surface area (Å²) in [6.45, 7) is 2.44. The highest BCUT2D eigenvalue weighted by molar-refractivity contribution is 6.31. The van der Waals surface area contributed by atoms with E-state index in [-0.39, 0.29) is 12.6 Å². The van der Waals surface area contributed by atoms with E-state index in [1.54, 1.807) is 17.9 Å². The molecule has 0 aromatic carbocycles. The first-order valence-corrected chi connectivity index (χ1v) is 6.20. The van der Waals surface area contributed by atoms with Crippen LogP contribution in [0.3, 0.4) is 0 Å². The van der Waals surface area contributed by atoms with Crippen molar-refractivity contribution in [1.82, 2.24) is 15.1 Å². The molecule has 0 aliphatic carbocycles. The Morgan fingerprint density at radius 1 is 1.56 bits per heavy atom. The average Bonchev–Trinajstić information content (AvgIpc) is 2.63. The molecule has 0 saturated carbocycles. The van der Waals surface area contributed by atoms with Crippen LogP contribution in [0.4, 0.5) is 8.78 Å². The number of aromatic nitrogens is 2. The summed E-state index contributed by atoms with van der Waals surface area (Å²) >= 11 is 6.05. The third-order valence-corrected chi connectivity index (χ3v) is 2.80. The molecule has 1 heterocycles. The van der Waals surface area contributed by atoms with Gasteiger partial charge in [0.25, 0.3) is 6.43 Å². The summed E-state index contributed by atoms with van der Waals surface area (Å²) in [5.74, 6) is 0. The molecule has 0 saturated heterocycles. The van der Waals surface area contributed by atoms with Crippen LogP contribution < -0.4 is 5.32 Å². The van der Waals surface area contributed by atoms with Gasteiger partial charge in [0, 0.05) is 13.7 Å². The number of nitrogens with zero attached hydrogens (tertiary/aromatic N) is 2. The first kappa shape index (κ1) is 15.3. The second kappa shape index (κ2) is 7.66. The Labute approximate surface area is 110 Å². The third kappa shape index (κ3) is 4.51. The summed E-state index contributed by atoms with van der Waals surface area (Å²) in [5, 5.41) is 7.87. The maximum Gasteiger partial charge on any atom is 0.261 e. The maximum absolute atomic E-state index is 11.9. The van der Waals surface area contributed by atoms with Crippen LogP contribution in [0.5, 0.6) is 0 Å². The summed E-state index contributed by atoms with van der Waals surface area (Å²) in [4.78, 5) is 0. The molecule has 0 bridgehead atoms. The molecule has 0 amide bonds. The van der Waals surface area contributed by atoms with Crippen molar-refractivity contribution in [2.45, 2.75) is 25.8 Å². The van der Waals surface area contributed by atoms with Gasteiger partial charge in [-0.3, -0.25) is 4.68 Å². The van der Waals surface area contributed by atoms with Crippen molar-refractivity contribution in [2.75, 3.05) is 19.8 Å². The van der Waals surface area contributed by atoms with Gasteiger partial charge in [-0.2, -0.15) is 5.10 Å². The van der Waals surface area contributed by atoms with Crippen LogP contribution in [-0.2, 0) is 11.8 Å². The molecule has 104 valence electrons. The quantitative estimate of drug-likeness (QED) is 0.744. The second-order valence-corrected chi connectivity index (χ2v) is 4.27. The number of rotatable bonds is 8. The van der Waals surface area contributed by atoms with E-state index in [4.69, 9.17) is 16.3 Å². The molecule has 0 radical (unpaired) electrons. The van der Waals surface area contributed by atoms with Crippen LogP contribution in [0, 0.1) is 0 Å². The molecule has 1 atom stereocenters. The van der Waals surface area contributed by atoms with E-state index in [0.29, 0.717) is 11.4 Å². The van der Waals surface area contributed by atoms with Crippen LogP contribution in [0.2, 0.25) is 5.02 Å². The van der Waals surface area contributed by atoms with Crippen molar-refractivity contribution >= 4 is 11.6 Å². The van der Waals surface area contributed by atoms with E-state index in [1.165, 1.54) is 0 Å². The van der Waals surface area contributed by atoms with Crippen LogP contribution in [0.1, 0.15) is 25.1 Å². The fraction of sp³-hybridized carbons (Fsp3) is 0.727. The highest BCUT2D eigenvalue weighted by atomic mass is 35.5. The molecule has 0 fully saturated rings. The summed E-state index contributed by atoms with van der Waals surface area (Å²) in [6.07, 6.45) is -0.288. The van der Waals surface area contributed by atoms with E-state index >= 15 is 0 Å². The Kier molecular flexibility index (Phi) is 6.52. The zero-order valence-corrected chi connectivity index (χ0v) is 11.3. The van der Waals surface area contributed by atoms with Gasteiger partial charge in [-0.15, -0.1) is 0 Å². The summed E-state index contributed by atoms with van der Waals surface area (Å²) in [7, 11) is 1.80. The summed E-state index contributed by atoms with van der Waals surface area (Å²) < 4.78 is 30.4. The van der Waals surface area contributed by atoms with Crippen molar-refractivity contribution in [3.8, 4) is 0 Å². The lowest BCUT2D eigenvalue weighted by Gasteiger charge is -2.18. The van der Waals surface area contributed by atoms with Crippen molar-refractivity contribution in [3.05, 3.63) is 16.9 Å². The van der Waals surface area contributed by atoms with Crippen LogP contribution in [-0.4, -0.2) is 36.0 Å². The molecule has 1 aromatic rings. The number of nitrogens with one attached hydrogen (secondary N) is 1. The second-order valence-electron chi connectivity index (χ2n) is 3.87. The van der Waals surface area contributed by atoms with E-state index in [2.05, 4.69) is 10.4 Å². The Hall–Kier alpha value is -0.720. The molecule has 1 aromatic heterocycles. The van der Waals surface area contributed by atoms with Crippen molar-refractivity contribution in [2.24, 2.45) is 7.05 Å². The van der Waals surface area contributed by atoms with Gasteiger partial charge in [-0.05, 0) is 13.0 Å². The lowest BCUT2D eigenvalue weighted by atomic mass is 10.1. The molecule has 0 aliphatic heterocycles. The summed E-state index contributed by atoms with van der Waals surface area (Å²) in [5.41, 5.74) is 0.846. The molecule has 18 heavy (non-hydrogen) atoms. The SMILES string of the molecule is CCNC(CCOCC(F)F)c1c(Cl)cnn1C.